The van der Waals surface area contributed by atoms with E-state index in [0.717, 1.165) is 0 Å². The van der Waals surface area contributed by atoms with E-state index < -0.39 is 81.2 Å². The summed E-state index contributed by atoms with van der Waals surface area (Å²) in [5, 5.41) is 23.5. The van der Waals surface area contributed by atoms with Gasteiger partial charge in [-0.05, 0) is 17.9 Å². The molecule has 4 fully saturated rings. The van der Waals surface area contributed by atoms with Crippen molar-refractivity contribution in [1.29, 1.82) is 0 Å². The van der Waals surface area contributed by atoms with Gasteiger partial charge < -0.3 is 49.7 Å². The van der Waals surface area contributed by atoms with Crippen molar-refractivity contribution >= 4 is 71.4 Å². The fourth-order valence-corrected chi connectivity index (χ4v) is 9.13. The molecule has 240 valence electrons. The van der Waals surface area contributed by atoms with E-state index in [1.54, 1.807) is 16.8 Å². The first-order valence-corrected chi connectivity index (χ1v) is 18.7. The monoisotopic (exact) mass is 701 g/mol. The minimum atomic E-state index is -4.25. The largest absolute Gasteiger partial charge is 0.387 e. The SMILES string of the molecule is Nc1ncnc2c1ccn2[C@@H]1O[C@@H]2COP(O)(=S)O[C@@H]3[C@@H](COP(=O)(S)O[C@@H]1[C@@H]2O)O[C@H]1C(n2cnc4c(N)ncnc42)[C@]31O. The number of aromatic nitrogens is 7. The number of nitrogens with two attached hydrogens (primary N) is 2. The molecule has 0 radical (unpaired) electrons. The van der Waals surface area contributed by atoms with Gasteiger partial charge in [0.25, 0.3) is 0 Å². The van der Waals surface area contributed by atoms with Crippen LogP contribution in [-0.2, 0) is 43.9 Å². The Morgan fingerprint density at radius 2 is 1.71 bits per heavy atom. The van der Waals surface area contributed by atoms with E-state index in [0.29, 0.717) is 22.2 Å². The average molecular weight is 702 g/mol. The Bertz CT molecular complexity index is 1930. The quantitative estimate of drug-likeness (QED) is 0.117. The topological polar surface area (TPSA) is 259 Å². The number of imidazole rings is 1. The molecule has 3 unspecified atom stereocenters. The second-order valence-corrected chi connectivity index (χ2v) is 16.6. The number of nitrogens with zero attached hydrogens (tertiary/aromatic N) is 7. The van der Waals surface area contributed by atoms with Crippen LogP contribution in [0.25, 0.3) is 22.2 Å². The first kappa shape index (κ1) is 30.0. The Morgan fingerprint density at radius 3 is 2.51 bits per heavy atom. The average Bonchev–Trinajstić information content (AvgIpc) is 3.48. The molecule has 4 aromatic rings. The molecule has 3 saturated heterocycles. The van der Waals surface area contributed by atoms with E-state index >= 15 is 0 Å². The van der Waals surface area contributed by atoms with Crippen molar-refractivity contribution < 1.29 is 47.2 Å². The number of anilines is 2. The fourth-order valence-electron chi connectivity index (χ4n) is 6.22. The fraction of sp³-hybridized carbons (Fsp3) is 0.500. The van der Waals surface area contributed by atoms with Crippen LogP contribution in [0.1, 0.15) is 12.3 Å². The van der Waals surface area contributed by atoms with Crippen LogP contribution in [0.5, 0.6) is 0 Å². The smallest absolute Gasteiger partial charge is 0.386 e. The van der Waals surface area contributed by atoms with Crippen LogP contribution in [0.2, 0.25) is 0 Å². The van der Waals surface area contributed by atoms with Gasteiger partial charge in [0.15, 0.2) is 17.7 Å². The number of hydrogen-bond acceptors (Lipinski definition) is 17. The Balaban J connectivity index is 1.10. The van der Waals surface area contributed by atoms with Gasteiger partial charge in [0.2, 0.25) is 0 Å². The van der Waals surface area contributed by atoms with E-state index in [-0.39, 0.29) is 11.6 Å². The minimum Gasteiger partial charge on any atom is -0.387 e. The molecule has 2 bridgehead atoms. The molecular weight excluding hydrogens is 676 g/mol. The van der Waals surface area contributed by atoms with Crippen molar-refractivity contribution in [3.8, 4) is 0 Å². The predicted octanol–water partition coefficient (Wildman–Crippen LogP) is -0.181. The number of nitrogen functional groups attached to an aromatic ring is 2. The summed E-state index contributed by atoms with van der Waals surface area (Å²) >= 11 is 9.44. The number of aliphatic hydroxyl groups is 2. The highest BCUT2D eigenvalue weighted by Gasteiger charge is 2.79. The third-order valence-electron chi connectivity index (χ3n) is 8.34. The zero-order chi connectivity index (χ0) is 31.5. The number of thiol groups is 1. The molecule has 3 aliphatic heterocycles. The maximum Gasteiger partial charge on any atom is 0.386 e. The summed E-state index contributed by atoms with van der Waals surface area (Å²) in [7, 11) is 0. The van der Waals surface area contributed by atoms with Crippen LogP contribution in [0.4, 0.5) is 11.6 Å². The third kappa shape index (κ3) is 4.73. The summed E-state index contributed by atoms with van der Waals surface area (Å²) in [5.74, 6) is 0.360. The number of ether oxygens (including phenoxy) is 2. The van der Waals surface area contributed by atoms with E-state index in [9.17, 15) is 19.7 Å². The molecule has 7 N–H and O–H groups in total. The summed E-state index contributed by atoms with van der Waals surface area (Å²) in [6.07, 6.45) is -2.86. The molecule has 1 saturated carbocycles. The normalized spacial score (nSPS) is 41.7. The van der Waals surface area contributed by atoms with Crippen molar-refractivity contribution in [1.82, 2.24) is 34.1 Å². The highest BCUT2D eigenvalue weighted by Crippen LogP contribution is 2.65. The van der Waals surface area contributed by atoms with Crippen LogP contribution in [0, 0.1) is 0 Å². The zero-order valence-electron chi connectivity index (χ0n) is 22.7. The van der Waals surface area contributed by atoms with Crippen LogP contribution in [0.15, 0.2) is 31.2 Å². The van der Waals surface area contributed by atoms with Crippen molar-refractivity contribution in [3.05, 3.63) is 31.2 Å². The lowest BCUT2D eigenvalue weighted by atomic mass is 10.1. The van der Waals surface area contributed by atoms with Crippen LogP contribution in [0.3, 0.4) is 0 Å². The molecule has 45 heavy (non-hydrogen) atoms. The molecule has 23 heteroatoms. The second-order valence-electron chi connectivity index (χ2n) is 10.9. The molecule has 0 aromatic carbocycles. The molecule has 4 aromatic heterocycles. The molecule has 4 aliphatic rings. The van der Waals surface area contributed by atoms with Gasteiger partial charge in [-0.3, -0.25) is 13.6 Å². The molecule has 0 amide bonds. The number of aliphatic hydroxyl groups excluding tert-OH is 1. The van der Waals surface area contributed by atoms with Gasteiger partial charge in [-0.25, -0.2) is 29.5 Å². The van der Waals surface area contributed by atoms with Crippen molar-refractivity contribution in [2.24, 2.45) is 0 Å². The second kappa shape index (κ2) is 10.3. The van der Waals surface area contributed by atoms with Gasteiger partial charge in [0.05, 0.1) is 31.0 Å². The number of hydrogen-bond donors (Lipinski definition) is 6. The lowest BCUT2D eigenvalue weighted by molar-refractivity contribution is -0.0687. The van der Waals surface area contributed by atoms with Gasteiger partial charge in [0.1, 0.15) is 71.9 Å². The molecular formula is C22H25N9O10P2S2. The maximum atomic E-state index is 13.5. The van der Waals surface area contributed by atoms with Crippen LogP contribution >= 0.6 is 25.8 Å². The number of fused-ring (bicyclic) bond motifs is 7. The Labute approximate surface area is 262 Å². The van der Waals surface area contributed by atoms with E-state index in [1.807, 2.05) is 0 Å². The molecule has 1 aliphatic carbocycles. The van der Waals surface area contributed by atoms with E-state index in [1.165, 1.54) is 23.5 Å². The van der Waals surface area contributed by atoms with Crippen LogP contribution < -0.4 is 11.5 Å². The van der Waals surface area contributed by atoms with Crippen LogP contribution in [-0.4, -0.2) is 105 Å². The molecule has 19 nitrogen and oxygen atoms in total. The molecule has 8 rings (SSSR count). The zero-order valence-corrected chi connectivity index (χ0v) is 26.2. The summed E-state index contributed by atoms with van der Waals surface area (Å²) in [6.45, 7) is -9.34. The third-order valence-corrected chi connectivity index (χ3v) is 11.5. The Morgan fingerprint density at radius 1 is 0.978 bits per heavy atom. The maximum absolute atomic E-state index is 13.5. The standard InChI is InChI=1S/C22H25N9O10P2S2/c23-17-8-1-2-30(19(8)27-5-25-17)21-13-12(32)9(39-21)3-36-43(35,45)41-15-10(4-37-42(34,44)40-13)38-16-14(22(15,16)33)31-7-29-11-18(24)26-6-28-20(11)31/h1-2,5-7,9-10,12-16,21,32-33H,3-4H2,(H,34,44)(H,35,45)(H2,23,25,27)(H2,24,26,28)/t9-,10-,12-,13-,14?,15-,16+,21-,22+,42?,43?/m1/s1. The van der Waals surface area contributed by atoms with Crippen molar-refractivity contribution in [3.63, 3.8) is 0 Å². The Kier molecular flexibility index (Phi) is 6.88. The molecule has 7 heterocycles. The van der Waals surface area contributed by atoms with Gasteiger partial charge in [0, 0.05) is 6.20 Å². The first-order chi connectivity index (χ1) is 21.4. The molecule has 11 atom stereocenters. The lowest BCUT2D eigenvalue weighted by Crippen LogP contribution is -2.42. The van der Waals surface area contributed by atoms with Crippen molar-refractivity contribution in [2.75, 3.05) is 24.7 Å². The lowest BCUT2D eigenvalue weighted by Gasteiger charge is -2.30. The summed E-state index contributed by atoms with van der Waals surface area (Å²) in [6, 6.07) is 0.867. The predicted molar refractivity (Wildman–Crippen MR) is 159 cm³/mol. The number of rotatable bonds is 2. The van der Waals surface area contributed by atoms with E-state index in [2.05, 4.69) is 37.2 Å². The summed E-state index contributed by atoms with van der Waals surface area (Å²) in [4.78, 5) is 31.7. The van der Waals surface area contributed by atoms with Gasteiger partial charge in [-0.1, -0.05) is 12.2 Å². The van der Waals surface area contributed by atoms with Gasteiger partial charge in [-0.15, -0.1) is 0 Å². The van der Waals surface area contributed by atoms with Gasteiger partial charge >= 0.3 is 13.5 Å². The highest BCUT2D eigenvalue weighted by molar-refractivity contribution is 8.44. The summed E-state index contributed by atoms with van der Waals surface area (Å²) < 4.78 is 51.6. The highest BCUT2D eigenvalue weighted by atomic mass is 32.7. The Hall–Kier alpha value is -2.36. The van der Waals surface area contributed by atoms with Gasteiger partial charge in [-0.2, -0.15) is 0 Å². The first-order valence-electron chi connectivity index (χ1n) is 13.4. The summed E-state index contributed by atoms with van der Waals surface area (Å²) in [5.41, 5.74) is 11.1. The minimum absolute atomic E-state index is 0.147. The van der Waals surface area contributed by atoms with Crippen molar-refractivity contribution in [2.45, 2.75) is 54.5 Å². The van der Waals surface area contributed by atoms with E-state index in [4.69, 9.17) is 50.8 Å². The molecule has 0 spiro atoms.